The zero-order valence-corrected chi connectivity index (χ0v) is 11.9. The first kappa shape index (κ1) is 14.1. The molecule has 0 saturated heterocycles. The van der Waals surface area contributed by atoms with E-state index in [1.54, 1.807) is 16.7 Å². The molecule has 0 saturated carbocycles. The van der Waals surface area contributed by atoms with Crippen molar-refractivity contribution in [3.05, 3.63) is 29.8 Å². The van der Waals surface area contributed by atoms with Crippen molar-refractivity contribution in [1.29, 1.82) is 0 Å². The zero-order valence-electron chi connectivity index (χ0n) is 11.1. The minimum atomic E-state index is 0.110. The lowest BCUT2D eigenvalue weighted by atomic mass is 10.1. The number of carbonyl (C=O) groups excluding carboxylic acids is 1. The summed E-state index contributed by atoms with van der Waals surface area (Å²) in [6.45, 7) is 5.16. The van der Waals surface area contributed by atoms with Gasteiger partial charge in [0.15, 0.2) is 0 Å². The molecular weight excluding hydrogens is 230 g/mol. The van der Waals surface area contributed by atoms with Gasteiger partial charge < -0.3 is 4.90 Å². The van der Waals surface area contributed by atoms with Crippen LogP contribution < -0.4 is 0 Å². The molecule has 0 aliphatic rings. The molecule has 2 nitrogen and oxygen atoms in total. The Labute approximate surface area is 108 Å². The molecule has 0 radical (unpaired) electrons. The smallest absolute Gasteiger partial charge is 0.253 e. The topological polar surface area (TPSA) is 20.3 Å². The van der Waals surface area contributed by atoms with Gasteiger partial charge in [-0.1, -0.05) is 13.8 Å². The first-order valence-electron chi connectivity index (χ1n) is 5.94. The molecule has 17 heavy (non-hydrogen) atoms. The molecule has 0 aromatic heterocycles. The van der Waals surface area contributed by atoms with Gasteiger partial charge in [0, 0.05) is 24.1 Å². The summed E-state index contributed by atoms with van der Waals surface area (Å²) in [5.41, 5.74) is 0.772. The van der Waals surface area contributed by atoms with Crippen molar-refractivity contribution in [2.45, 2.75) is 25.2 Å². The van der Waals surface area contributed by atoms with E-state index in [0.717, 1.165) is 18.5 Å². The summed E-state index contributed by atoms with van der Waals surface area (Å²) < 4.78 is 0. The van der Waals surface area contributed by atoms with Crippen LogP contribution in [0.4, 0.5) is 0 Å². The first-order chi connectivity index (χ1) is 8.04. The highest BCUT2D eigenvalue weighted by Gasteiger charge is 2.11. The molecule has 0 unspecified atom stereocenters. The van der Waals surface area contributed by atoms with Crippen LogP contribution >= 0.6 is 11.8 Å². The minimum absolute atomic E-state index is 0.110. The number of nitrogens with zero attached hydrogens (tertiary/aromatic N) is 1. The molecule has 0 spiro atoms. The van der Waals surface area contributed by atoms with Gasteiger partial charge in [-0.15, -0.1) is 11.8 Å². The lowest BCUT2D eigenvalue weighted by Gasteiger charge is -2.18. The van der Waals surface area contributed by atoms with Crippen LogP contribution in [0.5, 0.6) is 0 Å². The maximum atomic E-state index is 12.1. The largest absolute Gasteiger partial charge is 0.342 e. The molecule has 1 amide bonds. The molecule has 1 aromatic rings. The second-order valence-corrected chi connectivity index (χ2v) is 5.52. The van der Waals surface area contributed by atoms with Gasteiger partial charge in [0.1, 0.15) is 0 Å². The predicted octanol–water partition coefficient (Wildman–Crippen LogP) is 3.53. The van der Waals surface area contributed by atoms with Crippen LogP contribution in [-0.4, -0.2) is 30.7 Å². The van der Waals surface area contributed by atoms with Gasteiger partial charge in [0.25, 0.3) is 5.91 Å². The van der Waals surface area contributed by atoms with Crippen molar-refractivity contribution in [2.24, 2.45) is 5.92 Å². The summed E-state index contributed by atoms with van der Waals surface area (Å²) in [6, 6.07) is 7.79. The molecular formula is C14H21NOS. The van der Waals surface area contributed by atoms with E-state index in [-0.39, 0.29) is 5.91 Å². The Morgan fingerprint density at radius 2 is 1.88 bits per heavy atom. The highest BCUT2D eigenvalue weighted by molar-refractivity contribution is 7.98. The Balaban J connectivity index is 2.61. The van der Waals surface area contributed by atoms with Crippen molar-refractivity contribution < 1.29 is 4.79 Å². The molecule has 0 fully saturated rings. The van der Waals surface area contributed by atoms with E-state index < -0.39 is 0 Å². The number of amides is 1. The van der Waals surface area contributed by atoms with Gasteiger partial charge in [-0.2, -0.15) is 0 Å². The maximum absolute atomic E-state index is 12.1. The lowest BCUT2D eigenvalue weighted by Crippen LogP contribution is -2.28. The Kier molecular flexibility index (Phi) is 5.56. The molecule has 94 valence electrons. The molecule has 0 N–H and O–H groups in total. The first-order valence-corrected chi connectivity index (χ1v) is 7.16. The molecule has 0 aliphatic heterocycles. The van der Waals surface area contributed by atoms with Gasteiger partial charge in [0.05, 0.1) is 0 Å². The molecule has 3 heteroatoms. The van der Waals surface area contributed by atoms with Crippen LogP contribution in [0.2, 0.25) is 0 Å². The van der Waals surface area contributed by atoms with Gasteiger partial charge in [0.2, 0.25) is 0 Å². The second-order valence-electron chi connectivity index (χ2n) is 4.64. The molecule has 0 bridgehead atoms. The third-order valence-corrected chi connectivity index (χ3v) is 3.47. The van der Waals surface area contributed by atoms with Crippen molar-refractivity contribution in [2.75, 3.05) is 19.8 Å². The summed E-state index contributed by atoms with van der Waals surface area (Å²) in [6.07, 6.45) is 3.08. The fourth-order valence-corrected chi connectivity index (χ4v) is 1.92. The third-order valence-electron chi connectivity index (χ3n) is 2.73. The van der Waals surface area contributed by atoms with Crippen molar-refractivity contribution in [3.8, 4) is 0 Å². The highest BCUT2D eigenvalue weighted by Crippen LogP contribution is 2.15. The van der Waals surface area contributed by atoms with Gasteiger partial charge >= 0.3 is 0 Å². The fraction of sp³-hybridized carbons (Fsp3) is 0.500. The number of hydrogen-bond donors (Lipinski definition) is 0. The van der Waals surface area contributed by atoms with Crippen molar-refractivity contribution in [1.82, 2.24) is 4.90 Å². The summed E-state index contributed by atoms with van der Waals surface area (Å²) >= 11 is 1.69. The monoisotopic (exact) mass is 251 g/mol. The highest BCUT2D eigenvalue weighted by atomic mass is 32.2. The van der Waals surface area contributed by atoms with Crippen molar-refractivity contribution >= 4 is 17.7 Å². The van der Waals surface area contributed by atoms with E-state index in [2.05, 4.69) is 13.8 Å². The van der Waals surface area contributed by atoms with Crippen LogP contribution in [0.1, 0.15) is 30.6 Å². The van der Waals surface area contributed by atoms with E-state index in [9.17, 15) is 4.79 Å². The van der Waals surface area contributed by atoms with Crippen LogP contribution in [0.3, 0.4) is 0 Å². The van der Waals surface area contributed by atoms with E-state index in [0.29, 0.717) is 5.92 Å². The third kappa shape index (κ3) is 4.43. The van der Waals surface area contributed by atoms with Crippen LogP contribution in [0, 0.1) is 5.92 Å². The zero-order chi connectivity index (χ0) is 12.8. The number of hydrogen-bond acceptors (Lipinski definition) is 2. The van der Waals surface area contributed by atoms with E-state index in [4.69, 9.17) is 0 Å². The molecule has 0 heterocycles. The molecule has 1 aromatic carbocycles. The van der Waals surface area contributed by atoms with Crippen molar-refractivity contribution in [3.63, 3.8) is 0 Å². The molecule has 0 atom stereocenters. The molecule has 0 aliphatic carbocycles. The fourth-order valence-electron chi connectivity index (χ4n) is 1.51. The standard InChI is InChI=1S/C14H21NOS/c1-11(2)9-10-15(3)14(16)12-5-7-13(17-4)8-6-12/h5-8,11H,9-10H2,1-4H3. The maximum Gasteiger partial charge on any atom is 0.253 e. The lowest BCUT2D eigenvalue weighted by molar-refractivity contribution is 0.0789. The Bertz CT molecular complexity index is 359. The SMILES string of the molecule is CSc1ccc(C(=O)N(C)CCC(C)C)cc1. The average molecular weight is 251 g/mol. The van der Waals surface area contributed by atoms with Crippen LogP contribution in [0.25, 0.3) is 0 Å². The quantitative estimate of drug-likeness (QED) is 0.746. The van der Waals surface area contributed by atoms with Crippen LogP contribution in [0.15, 0.2) is 29.2 Å². The summed E-state index contributed by atoms with van der Waals surface area (Å²) in [5.74, 6) is 0.738. The number of rotatable bonds is 5. The number of benzene rings is 1. The predicted molar refractivity (Wildman–Crippen MR) is 74.6 cm³/mol. The average Bonchev–Trinajstić information content (AvgIpc) is 2.35. The Morgan fingerprint density at radius 1 is 1.29 bits per heavy atom. The Hall–Kier alpha value is -0.960. The van der Waals surface area contributed by atoms with E-state index >= 15 is 0 Å². The summed E-state index contributed by atoms with van der Waals surface area (Å²) in [7, 11) is 1.87. The van der Waals surface area contributed by atoms with Gasteiger partial charge in [-0.25, -0.2) is 0 Å². The van der Waals surface area contributed by atoms with E-state index in [1.807, 2.05) is 37.6 Å². The Morgan fingerprint density at radius 3 is 2.35 bits per heavy atom. The summed E-state index contributed by atoms with van der Waals surface area (Å²) in [5, 5.41) is 0. The van der Waals surface area contributed by atoms with Gasteiger partial charge in [-0.3, -0.25) is 4.79 Å². The minimum Gasteiger partial charge on any atom is -0.342 e. The molecule has 1 rings (SSSR count). The van der Waals surface area contributed by atoms with E-state index in [1.165, 1.54) is 4.90 Å². The normalized spacial score (nSPS) is 10.6. The number of thioether (sulfide) groups is 1. The van der Waals surface area contributed by atoms with Crippen LogP contribution in [-0.2, 0) is 0 Å². The summed E-state index contributed by atoms with van der Waals surface area (Å²) in [4.78, 5) is 15.1. The number of carbonyl (C=O) groups is 1. The second kappa shape index (κ2) is 6.70. The van der Waals surface area contributed by atoms with Gasteiger partial charge in [-0.05, 0) is 42.9 Å².